The molecule has 0 aliphatic carbocycles. The van der Waals surface area contributed by atoms with E-state index in [4.69, 9.17) is 0 Å². The summed E-state index contributed by atoms with van der Waals surface area (Å²) in [5, 5.41) is 0. The van der Waals surface area contributed by atoms with Gasteiger partial charge in [0.15, 0.2) is 5.78 Å². The van der Waals surface area contributed by atoms with Crippen LogP contribution < -0.4 is 0 Å². The molecule has 0 atom stereocenters. The van der Waals surface area contributed by atoms with Gasteiger partial charge in [-0.15, -0.1) is 6.58 Å². The second-order valence-electron chi connectivity index (χ2n) is 5.83. The molecule has 0 aliphatic rings. The fourth-order valence-electron chi connectivity index (χ4n) is 2.27. The summed E-state index contributed by atoms with van der Waals surface area (Å²) in [5.74, 6) is 5.81. The van der Waals surface area contributed by atoms with Crippen molar-refractivity contribution in [3.8, 4) is 11.8 Å². The number of hydrogen-bond donors (Lipinski definition) is 0. The van der Waals surface area contributed by atoms with E-state index in [0.29, 0.717) is 5.56 Å². The molecule has 134 valence electrons. The number of carbonyl (C=O) groups excluding carboxylic acids is 1. The Kier molecular flexibility index (Phi) is 6.51. The molecule has 0 fully saturated rings. The van der Waals surface area contributed by atoms with Crippen LogP contribution in [0.5, 0.6) is 0 Å². The normalized spacial score (nSPS) is 10.9. The van der Waals surface area contributed by atoms with Gasteiger partial charge in [0, 0.05) is 17.7 Å². The lowest BCUT2D eigenvalue weighted by Crippen LogP contribution is -2.31. The van der Waals surface area contributed by atoms with E-state index < -0.39 is 10.0 Å². The maximum absolute atomic E-state index is 12.8. The SMILES string of the molecule is C=CCN(CC#Cc1ccc(C(C)=O)cc1)S(=O)(=O)c1ccc(C)cc1. The van der Waals surface area contributed by atoms with Gasteiger partial charge in [-0.25, -0.2) is 8.42 Å². The predicted octanol–water partition coefficient (Wildman–Crippen LogP) is 3.43. The number of sulfonamides is 1. The molecule has 26 heavy (non-hydrogen) atoms. The van der Waals surface area contributed by atoms with Gasteiger partial charge in [-0.2, -0.15) is 4.31 Å². The number of Topliss-reactive ketones (excluding diaryl/α,β-unsaturated/α-hetero) is 1. The van der Waals surface area contributed by atoms with Crippen LogP contribution in [0.15, 0.2) is 66.1 Å². The zero-order chi connectivity index (χ0) is 19.2. The zero-order valence-corrected chi connectivity index (χ0v) is 15.7. The minimum atomic E-state index is -3.64. The van der Waals surface area contributed by atoms with Crippen molar-refractivity contribution in [2.24, 2.45) is 0 Å². The van der Waals surface area contributed by atoms with Crippen molar-refractivity contribution >= 4 is 15.8 Å². The average molecular weight is 367 g/mol. The summed E-state index contributed by atoms with van der Waals surface area (Å²) in [6.45, 7) is 7.26. The molecule has 0 saturated heterocycles. The summed E-state index contributed by atoms with van der Waals surface area (Å²) in [4.78, 5) is 11.5. The van der Waals surface area contributed by atoms with Crippen LogP contribution in [-0.2, 0) is 10.0 Å². The van der Waals surface area contributed by atoms with E-state index in [1.807, 2.05) is 6.92 Å². The molecular weight excluding hydrogens is 346 g/mol. The van der Waals surface area contributed by atoms with Crippen LogP contribution in [0.2, 0.25) is 0 Å². The highest BCUT2D eigenvalue weighted by molar-refractivity contribution is 7.89. The molecule has 0 radical (unpaired) electrons. The van der Waals surface area contributed by atoms with E-state index >= 15 is 0 Å². The second kappa shape index (κ2) is 8.61. The van der Waals surface area contributed by atoms with Crippen LogP contribution in [0.25, 0.3) is 0 Å². The quantitative estimate of drug-likeness (QED) is 0.447. The van der Waals surface area contributed by atoms with Crippen LogP contribution in [0.3, 0.4) is 0 Å². The molecule has 4 nitrogen and oxygen atoms in total. The third kappa shape index (κ3) is 4.92. The lowest BCUT2D eigenvalue weighted by Gasteiger charge is -2.18. The topological polar surface area (TPSA) is 54.5 Å². The smallest absolute Gasteiger partial charge is 0.244 e. The van der Waals surface area contributed by atoms with E-state index in [1.54, 1.807) is 48.5 Å². The van der Waals surface area contributed by atoms with Crippen molar-refractivity contribution in [2.45, 2.75) is 18.7 Å². The van der Waals surface area contributed by atoms with Gasteiger partial charge in [-0.3, -0.25) is 4.79 Å². The molecule has 0 bridgehead atoms. The first-order chi connectivity index (χ1) is 12.3. The van der Waals surface area contributed by atoms with E-state index in [-0.39, 0.29) is 23.8 Å². The van der Waals surface area contributed by atoms with E-state index in [1.165, 1.54) is 17.3 Å². The molecule has 0 heterocycles. The molecule has 0 saturated carbocycles. The maximum atomic E-state index is 12.8. The largest absolute Gasteiger partial charge is 0.295 e. The van der Waals surface area contributed by atoms with Gasteiger partial charge in [0.05, 0.1) is 11.4 Å². The monoisotopic (exact) mass is 367 g/mol. The molecule has 0 N–H and O–H groups in total. The number of carbonyl (C=O) groups is 1. The molecule has 0 spiro atoms. The summed E-state index contributed by atoms with van der Waals surface area (Å²) in [7, 11) is -3.64. The molecule has 0 aromatic heterocycles. The minimum Gasteiger partial charge on any atom is -0.295 e. The lowest BCUT2D eigenvalue weighted by atomic mass is 10.1. The summed E-state index contributed by atoms with van der Waals surface area (Å²) in [6.07, 6.45) is 1.54. The first-order valence-corrected chi connectivity index (χ1v) is 9.56. The molecule has 0 unspecified atom stereocenters. The summed E-state index contributed by atoms with van der Waals surface area (Å²) >= 11 is 0. The third-order valence-corrected chi connectivity index (χ3v) is 5.60. The molecule has 2 aromatic carbocycles. The van der Waals surface area contributed by atoms with Crippen LogP contribution in [0.1, 0.15) is 28.4 Å². The number of nitrogens with zero attached hydrogens (tertiary/aromatic N) is 1. The summed E-state index contributed by atoms with van der Waals surface area (Å²) < 4.78 is 26.8. The first-order valence-electron chi connectivity index (χ1n) is 8.12. The van der Waals surface area contributed by atoms with Crippen molar-refractivity contribution in [1.82, 2.24) is 4.31 Å². The summed E-state index contributed by atoms with van der Waals surface area (Å²) in [6, 6.07) is 13.6. The molecule has 2 aromatic rings. The Morgan fingerprint density at radius 1 is 1.12 bits per heavy atom. The number of hydrogen-bond acceptors (Lipinski definition) is 3. The Balaban J connectivity index is 2.19. The number of rotatable bonds is 6. The molecule has 2 rings (SSSR count). The molecular formula is C21H21NO3S. The van der Waals surface area contributed by atoms with Gasteiger partial charge in [0.2, 0.25) is 10.0 Å². The van der Waals surface area contributed by atoms with Crippen molar-refractivity contribution < 1.29 is 13.2 Å². The lowest BCUT2D eigenvalue weighted by molar-refractivity contribution is 0.101. The molecule has 5 heteroatoms. The van der Waals surface area contributed by atoms with Crippen molar-refractivity contribution in [3.05, 3.63) is 77.9 Å². The predicted molar refractivity (Wildman–Crippen MR) is 103 cm³/mol. The number of aryl methyl sites for hydroxylation is 1. The highest BCUT2D eigenvalue weighted by atomic mass is 32.2. The van der Waals surface area contributed by atoms with Gasteiger partial charge in [-0.1, -0.05) is 47.7 Å². The molecule has 0 amide bonds. The second-order valence-corrected chi connectivity index (χ2v) is 7.77. The van der Waals surface area contributed by atoms with E-state index in [9.17, 15) is 13.2 Å². The van der Waals surface area contributed by atoms with Gasteiger partial charge in [0.1, 0.15) is 0 Å². The number of benzene rings is 2. The fourth-order valence-corrected chi connectivity index (χ4v) is 3.58. The third-order valence-electron chi connectivity index (χ3n) is 3.77. The maximum Gasteiger partial charge on any atom is 0.244 e. The van der Waals surface area contributed by atoms with E-state index in [0.717, 1.165) is 11.1 Å². The Morgan fingerprint density at radius 2 is 1.73 bits per heavy atom. The average Bonchev–Trinajstić information content (AvgIpc) is 2.61. The van der Waals surface area contributed by atoms with Gasteiger partial charge < -0.3 is 0 Å². The van der Waals surface area contributed by atoms with Crippen LogP contribution in [0, 0.1) is 18.8 Å². The minimum absolute atomic E-state index is 0.00846. The van der Waals surface area contributed by atoms with Crippen LogP contribution in [0.4, 0.5) is 0 Å². The van der Waals surface area contributed by atoms with Crippen molar-refractivity contribution in [2.75, 3.05) is 13.1 Å². The van der Waals surface area contributed by atoms with Crippen LogP contribution >= 0.6 is 0 Å². The molecule has 0 aliphatic heterocycles. The fraction of sp³-hybridized carbons (Fsp3) is 0.190. The van der Waals surface area contributed by atoms with Crippen molar-refractivity contribution in [3.63, 3.8) is 0 Å². The van der Waals surface area contributed by atoms with Crippen molar-refractivity contribution in [1.29, 1.82) is 0 Å². The summed E-state index contributed by atoms with van der Waals surface area (Å²) in [5.41, 5.74) is 2.33. The standard InChI is InChI=1S/C21H21NO3S/c1-4-15-22(26(24,25)21-13-7-17(2)8-14-21)16-5-6-19-9-11-20(12-10-19)18(3)23/h4,7-14H,1,15-16H2,2-3H3. The Hall–Kier alpha value is -2.68. The van der Waals surface area contributed by atoms with Gasteiger partial charge in [0.25, 0.3) is 0 Å². The Morgan fingerprint density at radius 3 is 2.27 bits per heavy atom. The number of ketones is 1. The Labute approximate surface area is 155 Å². The van der Waals surface area contributed by atoms with Crippen LogP contribution in [-0.4, -0.2) is 31.6 Å². The zero-order valence-electron chi connectivity index (χ0n) is 14.9. The van der Waals surface area contributed by atoms with Gasteiger partial charge >= 0.3 is 0 Å². The van der Waals surface area contributed by atoms with Gasteiger partial charge in [-0.05, 0) is 38.1 Å². The highest BCUT2D eigenvalue weighted by Crippen LogP contribution is 2.16. The Bertz CT molecular complexity index is 947. The van der Waals surface area contributed by atoms with E-state index in [2.05, 4.69) is 18.4 Å². The highest BCUT2D eigenvalue weighted by Gasteiger charge is 2.22. The first kappa shape index (κ1) is 19.6.